The van der Waals surface area contributed by atoms with Gasteiger partial charge in [-0.2, -0.15) is 5.26 Å². The quantitative estimate of drug-likeness (QED) is 0.169. The van der Waals surface area contributed by atoms with Gasteiger partial charge in [0.15, 0.2) is 17.5 Å². The van der Waals surface area contributed by atoms with Crippen molar-refractivity contribution < 1.29 is 0 Å². The lowest BCUT2D eigenvalue weighted by atomic mass is 9.67. The van der Waals surface area contributed by atoms with E-state index in [1.807, 2.05) is 42.5 Å². The van der Waals surface area contributed by atoms with Crippen molar-refractivity contribution in [3.63, 3.8) is 0 Å². The van der Waals surface area contributed by atoms with E-state index < -0.39 is 0 Å². The van der Waals surface area contributed by atoms with E-state index in [2.05, 4.69) is 146 Å². The second-order valence-corrected chi connectivity index (χ2v) is 16.1. The van der Waals surface area contributed by atoms with Crippen LogP contribution < -0.4 is 0 Å². The third-order valence-corrected chi connectivity index (χ3v) is 12.8. The predicted octanol–water partition coefficient (Wildman–Crippen LogP) is 14.1. The van der Waals surface area contributed by atoms with Crippen LogP contribution in [0.4, 0.5) is 0 Å². The first-order chi connectivity index (χ1) is 29.7. The van der Waals surface area contributed by atoms with Gasteiger partial charge in [0.05, 0.1) is 11.6 Å². The second kappa shape index (κ2) is 14.7. The number of benzene rings is 8. The summed E-state index contributed by atoms with van der Waals surface area (Å²) in [5.41, 5.74) is 15.9. The van der Waals surface area contributed by atoms with Crippen LogP contribution in [0.2, 0.25) is 0 Å². The SMILES string of the molecule is N#Cc1ccc2c(c1)-c1c(-c3ccc(-c4ccc(-c5nc(-c6ccccc6)nc(-c6ccc(-c7ccccc7)cc6)n5)cc4)c4ccccc34)cccc1C21CCCCC1. The molecule has 4 heteroatoms. The van der Waals surface area contributed by atoms with Gasteiger partial charge in [-0.05, 0) is 91.4 Å². The molecular formula is C56H40N4. The maximum atomic E-state index is 9.97. The van der Waals surface area contributed by atoms with Crippen LogP contribution >= 0.6 is 0 Å². The van der Waals surface area contributed by atoms with Crippen molar-refractivity contribution in [1.82, 2.24) is 15.0 Å². The molecule has 1 aromatic heterocycles. The zero-order valence-corrected chi connectivity index (χ0v) is 33.1. The summed E-state index contributed by atoms with van der Waals surface area (Å²) >= 11 is 0. The molecule has 1 spiro atoms. The molecule has 0 N–H and O–H groups in total. The monoisotopic (exact) mass is 768 g/mol. The lowest BCUT2D eigenvalue weighted by Gasteiger charge is -2.36. The van der Waals surface area contributed by atoms with Crippen LogP contribution in [0.25, 0.3) is 89.4 Å². The van der Waals surface area contributed by atoms with Gasteiger partial charge in [0, 0.05) is 22.1 Å². The van der Waals surface area contributed by atoms with E-state index in [1.54, 1.807) is 0 Å². The zero-order valence-electron chi connectivity index (χ0n) is 33.1. The highest BCUT2D eigenvalue weighted by molar-refractivity contribution is 6.08. The molecule has 11 rings (SSSR count). The van der Waals surface area contributed by atoms with Gasteiger partial charge in [-0.1, -0.05) is 189 Å². The molecule has 1 saturated carbocycles. The molecular weight excluding hydrogens is 729 g/mol. The maximum absolute atomic E-state index is 9.97. The molecule has 0 unspecified atom stereocenters. The van der Waals surface area contributed by atoms with Crippen LogP contribution in [0.1, 0.15) is 48.8 Å². The molecule has 9 aromatic rings. The van der Waals surface area contributed by atoms with Crippen LogP contribution in [0.3, 0.4) is 0 Å². The van der Waals surface area contributed by atoms with E-state index in [-0.39, 0.29) is 5.41 Å². The van der Waals surface area contributed by atoms with Crippen LogP contribution in [0.5, 0.6) is 0 Å². The van der Waals surface area contributed by atoms with E-state index in [1.165, 1.54) is 74.5 Å². The summed E-state index contributed by atoms with van der Waals surface area (Å²) in [6, 6.07) is 66.6. The van der Waals surface area contributed by atoms with Gasteiger partial charge in [0.25, 0.3) is 0 Å². The molecule has 0 atom stereocenters. The Hall–Kier alpha value is -7.48. The molecule has 0 aliphatic heterocycles. The minimum atomic E-state index is 0.0125. The van der Waals surface area contributed by atoms with E-state index in [9.17, 15) is 5.26 Å². The smallest absolute Gasteiger partial charge is 0.164 e. The molecule has 2 aliphatic carbocycles. The molecule has 0 radical (unpaired) electrons. The fraction of sp³-hybridized carbons (Fsp3) is 0.107. The molecule has 1 fully saturated rings. The Morgan fingerprint density at radius 1 is 0.383 bits per heavy atom. The first-order valence-electron chi connectivity index (χ1n) is 21.0. The van der Waals surface area contributed by atoms with Gasteiger partial charge in [0.1, 0.15) is 0 Å². The van der Waals surface area contributed by atoms with Crippen LogP contribution in [-0.4, -0.2) is 15.0 Å². The molecule has 0 amide bonds. The Labute approximate surface area is 350 Å². The van der Waals surface area contributed by atoms with E-state index in [4.69, 9.17) is 15.0 Å². The molecule has 4 nitrogen and oxygen atoms in total. The first-order valence-corrected chi connectivity index (χ1v) is 21.0. The Kier molecular flexibility index (Phi) is 8.75. The summed E-state index contributed by atoms with van der Waals surface area (Å²) in [5, 5.41) is 12.4. The van der Waals surface area contributed by atoms with Crippen molar-refractivity contribution in [2.24, 2.45) is 0 Å². The Morgan fingerprint density at radius 3 is 1.53 bits per heavy atom. The number of aromatic nitrogens is 3. The maximum Gasteiger partial charge on any atom is 0.164 e. The molecule has 1 heterocycles. The van der Waals surface area contributed by atoms with Crippen molar-refractivity contribution in [3.8, 4) is 84.7 Å². The average Bonchev–Trinajstić information content (AvgIpc) is 3.59. The summed E-state index contributed by atoms with van der Waals surface area (Å²) in [6.45, 7) is 0. The van der Waals surface area contributed by atoms with Gasteiger partial charge in [-0.25, -0.2) is 15.0 Å². The summed E-state index contributed by atoms with van der Waals surface area (Å²) in [7, 11) is 0. The number of hydrogen-bond donors (Lipinski definition) is 0. The number of nitrogens with zero attached hydrogens (tertiary/aromatic N) is 4. The third-order valence-electron chi connectivity index (χ3n) is 12.8. The van der Waals surface area contributed by atoms with Crippen LogP contribution in [0.15, 0.2) is 182 Å². The number of rotatable bonds is 6. The van der Waals surface area contributed by atoms with Gasteiger partial charge in [-0.15, -0.1) is 0 Å². The molecule has 8 aromatic carbocycles. The minimum Gasteiger partial charge on any atom is -0.208 e. The zero-order chi connectivity index (χ0) is 40.0. The fourth-order valence-electron chi connectivity index (χ4n) is 9.92. The normalized spacial score (nSPS) is 13.8. The van der Waals surface area contributed by atoms with Gasteiger partial charge in [-0.3, -0.25) is 0 Å². The summed E-state index contributed by atoms with van der Waals surface area (Å²) in [4.78, 5) is 15.0. The van der Waals surface area contributed by atoms with E-state index >= 15 is 0 Å². The van der Waals surface area contributed by atoms with Gasteiger partial charge >= 0.3 is 0 Å². The van der Waals surface area contributed by atoms with E-state index in [0.29, 0.717) is 23.0 Å². The molecule has 0 bridgehead atoms. The van der Waals surface area contributed by atoms with Crippen molar-refractivity contribution in [2.75, 3.05) is 0 Å². The molecule has 284 valence electrons. The van der Waals surface area contributed by atoms with Gasteiger partial charge < -0.3 is 0 Å². The highest BCUT2D eigenvalue weighted by Crippen LogP contribution is 2.58. The standard InChI is InChI=1S/C56H40N4/c57-36-37-21-32-50-49(35-37)52-48(19-12-20-51(52)56(50)33-10-3-11-34-56)47-31-30-44(45-17-8-9-18-46(45)47)40-24-28-43(29-25-40)55-59-53(41-15-6-2-7-16-41)58-54(60-55)42-26-22-39(23-27-42)38-13-4-1-5-14-38/h1-2,4-9,12-32,35H,3,10-11,33-34H2. The van der Waals surface area contributed by atoms with Crippen molar-refractivity contribution >= 4 is 10.8 Å². The number of hydrogen-bond acceptors (Lipinski definition) is 4. The second-order valence-electron chi connectivity index (χ2n) is 16.1. The Balaban J connectivity index is 0.984. The van der Waals surface area contributed by atoms with Crippen molar-refractivity contribution in [3.05, 3.63) is 199 Å². The third kappa shape index (κ3) is 6.01. The average molecular weight is 769 g/mol. The molecule has 2 aliphatic rings. The Bertz CT molecular complexity index is 3100. The number of fused-ring (bicyclic) bond motifs is 6. The lowest BCUT2D eigenvalue weighted by molar-refractivity contribution is 0.353. The van der Waals surface area contributed by atoms with Crippen LogP contribution in [0, 0.1) is 11.3 Å². The largest absolute Gasteiger partial charge is 0.208 e. The first kappa shape index (κ1) is 35.7. The lowest BCUT2D eigenvalue weighted by Crippen LogP contribution is -2.28. The highest BCUT2D eigenvalue weighted by Gasteiger charge is 2.44. The summed E-state index contributed by atoms with van der Waals surface area (Å²) in [6.07, 6.45) is 6.04. The van der Waals surface area contributed by atoms with Crippen molar-refractivity contribution in [2.45, 2.75) is 37.5 Å². The summed E-state index contributed by atoms with van der Waals surface area (Å²) in [5.74, 6) is 1.91. The Morgan fingerprint density at radius 2 is 0.900 bits per heavy atom. The minimum absolute atomic E-state index is 0.0125. The fourth-order valence-corrected chi connectivity index (χ4v) is 9.92. The van der Waals surface area contributed by atoms with Crippen LogP contribution in [-0.2, 0) is 5.41 Å². The van der Waals surface area contributed by atoms with E-state index in [0.717, 1.165) is 40.7 Å². The topological polar surface area (TPSA) is 62.5 Å². The predicted molar refractivity (Wildman–Crippen MR) is 244 cm³/mol. The highest BCUT2D eigenvalue weighted by atomic mass is 15.0. The molecule has 0 saturated heterocycles. The molecule has 60 heavy (non-hydrogen) atoms. The summed E-state index contributed by atoms with van der Waals surface area (Å²) < 4.78 is 0. The van der Waals surface area contributed by atoms with Crippen molar-refractivity contribution in [1.29, 1.82) is 5.26 Å². The number of nitriles is 1. The van der Waals surface area contributed by atoms with Gasteiger partial charge in [0.2, 0.25) is 0 Å².